The zero-order valence-electron chi connectivity index (χ0n) is 18.3. The van der Waals surface area contributed by atoms with Gasteiger partial charge in [-0.3, -0.25) is 9.69 Å². The minimum absolute atomic E-state index is 0.0658. The molecule has 1 aliphatic rings. The number of carbonyl (C=O) groups is 2. The number of alkyl halides is 6. The standard InChI is InChI=1S/C20H22F6N2O5S/c1-11-15(6-5-7-28(11)17(30)33-18(2,3)4)34(31,32)27-16(29)12-8-13(19(21,22)23)10-14(9-12)20(24,25)26/h8-10,15H,1,5-7H2,2-4H3,(H,27,29). The third-order valence-electron chi connectivity index (χ3n) is 4.64. The van der Waals surface area contributed by atoms with E-state index in [0.29, 0.717) is 0 Å². The van der Waals surface area contributed by atoms with Crippen LogP contribution in [-0.4, -0.2) is 42.7 Å². The molecule has 1 heterocycles. The normalized spacial score (nSPS) is 18.0. The summed E-state index contributed by atoms with van der Waals surface area (Å²) in [5.74, 6) is -1.70. The molecule has 1 aromatic carbocycles. The second kappa shape index (κ2) is 9.12. The van der Waals surface area contributed by atoms with Crippen LogP contribution in [0.4, 0.5) is 31.1 Å². The van der Waals surface area contributed by atoms with Crippen molar-refractivity contribution in [1.82, 2.24) is 9.62 Å². The number of sulfonamides is 1. The number of amides is 2. The number of nitrogens with one attached hydrogen (secondary N) is 1. The smallest absolute Gasteiger partial charge is 0.416 e. The summed E-state index contributed by atoms with van der Waals surface area (Å²) in [6.07, 6.45) is -11.3. The van der Waals surface area contributed by atoms with Crippen LogP contribution in [0.3, 0.4) is 0 Å². The van der Waals surface area contributed by atoms with Crippen LogP contribution >= 0.6 is 0 Å². The number of rotatable bonds is 3. The number of ether oxygens (including phenoxy) is 1. The Morgan fingerprint density at radius 3 is 1.97 bits per heavy atom. The SMILES string of the molecule is C=C1C(S(=O)(=O)NC(=O)c2cc(C(F)(F)F)cc(C(F)(F)F)c2)CCCN1C(=O)OC(C)(C)C. The molecule has 0 saturated carbocycles. The first-order valence-electron chi connectivity index (χ1n) is 9.77. The van der Waals surface area contributed by atoms with Gasteiger partial charge in [0, 0.05) is 17.8 Å². The maximum Gasteiger partial charge on any atom is 0.416 e. The predicted molar refractivity (Wildman–Crippen MR) is 108 cm³/mol. The van der Waals surface area contributed by atoms with Crippen LogP contribution in [0.1, 0.15) is 55.1 Å². The van der Waals surface area contributed by atoms with Gasteiger partial charge in [0.05, 0.1) is 11.1 Å². The first-order valence-corrected chi connectivity index (χ1v) is 11.3. The molecule has 1 unspecified atom stereocenters. The van der Waals surface area contributed by atoms with Gasteiger partial charge in [-0.05, 0) is 51.8 Å². The molecule has 7 nitrogen and oxygen atoms in total. The number of halogens is 6. The lowest BCUT2D eigenvalue weighted by atomic mass is 10.0. The summed E-state index contributed by atoms with van der Waals surface area (Å²) >= 11 is 0. The van der Waals surface area contributed by atoms with Crippen molar-refractivity contribution in [2.75, 3.05) is 6.54 Å². The third-order valence-corrected chi connectivity index (χ3v) is 6.37. The Hall–Kier alpha value is -2.77. The molecule has 1 aromatic rings. The quantitative estimate of drug-likeness (QED) is 0.589. The van der Waals surface area contributed by atoms with Crippen LogP contribution < -0.4 is 4.72 Å². The Balaban J connectivity index is 2.33. The maximum absolute atomic E-state index is 13.0. The van der Waals surface area contributed by atoms with Crippen LogP contribution in [-0.2, 0) is 27.1 Å². The molecule has 1 atom stereocenters. The van der Waals surface area contributed by atoms with Crippen molar-refractivity contribution in [3.8, 4) is 0 Å². The van der Waals surface area contributed by atoms with E-state index in [2.05, 4.69) is 6.58 Å². The Morgan fingerprint density at radius 2 is 1.53 bits per heavy atom. The second-order valence-corrected chi connectivity index (χ2v) is 10.4. The summed E-state index contributed by atoms with van der Waals surface area (Å²) in [5, 5.41) is -1.55. The van der Waals surface area contributed by atoms with E-state index in [4.69, 9.17) is 4.74 Å². The van der Waals surface area contributed by atoms with E-state index in [9.17, 15) is 44.3 Å². The minimum Gasteiger partial charge on any atom is -0.443 e. The average molecular weight is 516 g/mol. The first kappa shape index (κ1) is 27.5. The number of carbonyl (C=O) groups excluding carboxylic acids is 2. The van der Waals surface area contributed by atoms with E-state index in [0.717, 1.165) is 4.90 Å². The highest BCUT2D eigenvalue weighted by atomic mass is 32.2. The number of hydrogen-bond acceptors (Lipinski definition) is 5. The molecule has 1 fully saturated rings. The van der Waals surface area contributed by atoms with Gasteiger partial charge in [-0.1, -0.05) is 6.58 Å². The first-order chi connectivity index (χ1) is 15.2. The lowest BCUT2D eigenvalue weighted by Crippen LogP contribution is -2.48. The predicted octanol–water partition coefficient (Wildman–Crippen LogP) is 4.70. The van der Waals surface area contributed by atoms with E-state index >= 15 is 0 Å². The molecule has 190 valence electrons. The highest BCUT2D eigenvalue weighted by Crippen LogP contribution is 2.36. The van der Waals surface area contributed by atoms with Crippen LogP contribution in [0.25, 0.3) is 0 Å². The molecule has 2 rings (SSSR count). The van der Waals surface area contributed by atoms with Crippen LogP contribution in [0, 0.1) is 0 Å². The monoisotopic (exact) mass is 516 g/mol. The molecule has 0 aromatic heterocycles. The lowest BCUT2D eigenvalue weighted by Gasteiger charge is -2.35. The fourth-order valence-electron chi connectivity index (χ4n) is 3.12. The molecule has 1 N–H and O–H groups in total. The van der Waals surface area contributed by atoms with E-state index in [1.807, 2.05) is 0 Å². The number of nitrogens with zero attached hydrogens (tertiary/aromatic N) is 1. The van der Waals surface area contributed by atoms with Crippen molar-refractivity contribution in [2.24, 2.45) is 0 Å². The molecule has 0 bridgehead atoms. The summed E-state index contributed by atoms with van der Waals surface area (Å²) in [5.41, 5.74) is -5.86. The van der Waals surface area contributed by atoms with Crippen LogP contribution in [0.2, 0.25) is 0 Å². The summed E-state index contributed by atoms with van der Waals surface area (Å²) in [4.78, 5) is 25.7. The molecule has 1 saturated heterocycles. The molecule has 1 aliphatic heterocycles. The fourth-order valence-corrected chi connectivity index (χ4v) is 4.60. The maximum atomic E-state index is 13.0. The number of hydrogen-bond donors (Lipinski definition) is 1. The Bertz CT molecular complexity index is 1060. The number of piperidine rings is 1. The zero-order valence-corrected chi connectivity index (χ0v) is 19.1. The van der Waals surface area contributed by atoms with Gasteiger partial charge in [0.1, 0.15) is 10.9 Å². The molecule has 0 spiro atoms. The largest absolute Gasteiger partial charge is 0.443 e. The molecular weight excluding hydrogens is 494 g/mol. The van der Waals surface area contributed by atoms with Crippen molar-refractivity contribution in [3.05, 3.63) is 47.2 Å². The zero-order chi connectivity index (χ0) is 26.3. The highest BCUT2D eigenvalue weighted by molar-refractivity contribution is 7.90. The van der Waals surface area contributed by atoms with Gasteiger partial charge in [0.2, 0.25) is 10.0 Å². The van der Waals surface area contributed by atoms with Gasteiger partial charge >= 0.3 is 18.4 Å². The Labute approximate surface area is 191 Å². The minimum atomic E-state index is -5.22. The topological polar surface area (TPSA) is 92.8 Å². The van der Waals surface area contributed by atoms with E-state index in [1.54, 1.807) is 20.8 Å². The Morgan fingerprint density at radius 1 is 1.03 bits per heavy atom. The summed E-state index contributed by atoms with van der Waals surface area (Å²) in [6, 6.07) is 0.0402. The summed E-state index contributed by atoms with van der Waals surface area (Å²) in [6.45, 7) is 8.37. The van der Waals surface area contributed by atoms with Crippen molar-refractivity contribution >= 4 is 22.0 Å². The van der Waals surface area contributed by atoms with Gasteiger partial charge in [-0.2, -0.15) is 26.3 Å². The molecular formula is C20H22F6N2O5S. The van der Waals surface area contributed by atoms with Gasteiger partial charge in [-0.15, -0.1) is 0 Å². The van der Waals surface area contributed by atoms with Gasteiger partial charge in [0.15, 0.2) is 0 Å². The van der Waals surface area contributed by atoms with Gasteiger partial charge < -0.3 is 4.74 Å². The number of benzene rings is 1. The molecule has 34 heavy (non-hydrogen) atoms. The Kier molecular flexibility index (Phi) is 7.37. The van der Waals surface area contributed by atoms with Gasteiger partial charge in [-0.25, -0.2) is 17.9 Å². The summed E-state index contributed by atoms with van der Waals surface area (Å²) in [7, 11) is -4.70. The van der Waals surface area contributed by atoms with Crippen molar-refractivity contribution < 1.29 is 49.1 Å². The molecule has 14 heteroatoms. The molecule has 0 radical (unpaired) electrons. The van der Waals surface area contributed by atoms with E-state index in [-0.39, 0.29) is 43.3 Å². The third kappa shape index (κ3) is 6.64. The second-order valence-electron chi connectivity index (χ2n) is 8.52. The summed E-state index contributed by atoms with van der Waals surface area (Å²) < 4.78 is 110. The highest BCUT2D eigenvalue weighted by Gasteiger charge is 2.40. The molecule has 0 aliphatic carbocycles. The van der Waals surface area contributed by atoms with Crippen LogP contribution in [0.15, 0.2) is 30.5 Å². The van der Waals surface area contributed by atoms with Gasteiger partial charge in [0.25, 0.3) is 5.91 Å². The van der Waals surface area contributed by atoms with Crippen molar-refractivity contribution in [1.29, 1.82) is 0 Å². The van der Waals surface area contributed by atoms with Crippen molar-refractivity contribution in [3.63, 3.8) is 0 Å². The van der Waals surface area contributed by atoms with E-state index < -0.39 is 61.9 Å². The number of likely N-dealkylation sites (tertiary alicyclic amines) is 1. The fraction of sp³-hybridized carbons (Fsp3) is 0.500. The van der Waals surface area contributed by atoms with E-state index in [1.165, 1.54) is 4.72 Å². The lowest BCUT2D eigenvalue weighted by molar-refractivity contribution is -0.143. The van der Waals surface area contributed by atoms with Crippen molar-refractivity contribution in [2.45, 2.75) is 56.8 Å². The molecule has 2 amide bonds. The average Bonchev–Trinajstić information content (AvgIpc) is 2.64. The van der Waals surface area contributed by atoms with Crippen LogP contribution in [0.5, 0.6) is 0 Å².